The molecule has 5 heteroatoms. The Morgan fingerprint density at radius 3 is 3.05 bits per heavy atom. The molecule has 2 unspecified atom stereocenters. The first-order valence-corrected chi connectivity index (χ1v) is 6.65. The summed E-state index contributed by atoms with van der Waals surface area (Å²) < 4.78 is 10.5. The fourth-order valence-electron chi connectivity index (χ4n) is 2.47. The minimum Gasteiger partial charge on any atom is -0.454 e. The molecule has 1 fully saturated rings. The number of piperidine rings is 1. The fraction of sp³-hybridized carbons (Fsp3) is 0.500. The molecule has 0 radical (unpaired) electrons. The minimum atomic E-state index is -0.0566. The molecule has 1 aromatic rings. The van der Waals surface area contributed by atoms with E-state index in [0.717, 1.165) is 19.5 Å². The number of rotatable bonds is 2. The summed E-state index contributed by atoms with van der Waals surface area (Å²) in [5, 5.41) is 6.38. The lowest BCUT2D eigenvalue weighted by molar-refractivity contribution is 0.0915. The Hall–Kier alpha value is -1.75. The monoisotopic (exact) mass is 262 g/mol. The summed E-state index contributed by atoms with van der Waals surface area (Å²) in [6.45, 7) is 4.25. The first-order valence-electron chi connectivity index (χ1n) is 6.65. The Bertz CT molecular complexity index is 490. The van der Waals surface area contributed by atoms with Crippen LogP contribution in [0, 0.1) is 5.92 Å². The topological polar surface area (TPSA) is 59.6 Å². The van der Waals surface area contributed by atoms with Gasteiger partial charge in [-0.15, -0.1) is 0 Å². The van der Waals surface area contributed by atoms with E-state index in [1.54, 1.807) is 18.2 Å². The Morgan fingerprint density at radius 1 is 1.37 bits per heavy atom. The van der Waals surface area contributed by atoms with Gasteiger partial charge in [-0.25, -0.2) is 0 Å². The Balaban J connectivity index is 1.70. The zero-order valence-electron chi connectivity index (χ0n) is 10.9. The summed E-state index contributed by atoms with van der Waals surface area (Å²) in [7, 11) is 0. The van der Waals surface area contributed by atoms with Crippen LogP contribution in [-0.4, -0.2) is 31.8 Å². The van der Waals surface area contributed by atoms with Crippen molar-refractivity contribution >= 4 is 5.91 Å². The highest BCUT2D eigenvalue weighted by molar-refractivity contribution is 5.95. The second-order valence-electron chi connectivity index (χ2n) is 5.12. The summed E-state index contributed by atoms with van der Waals surface area (Å²) in [5.74, 6) is 1.78. The summed E-state index contributed by atoms with van der Waals surface area (Å²) in [4.78, 5) is 12.2. The largest absolute Gasteiger partial charge is 0.454 e. The highest BCUT2D eigenvalue weighted by Crippen LogP contribution is 2.32. The van der Waals surface area contributed by atoms with Crippen molar-refractivity contribution < 1.29 is 14.3 Å². The molecule has 0 bridgehead atoms. The van der Waals surface area contributed by atoms with E-state index in [0.29, 0.717) is 23.0 Å². The standard InChI is InChI=1S/C14H18N2O3/c1-9-4-5-15-7-11(9)16-14(17)10-2-3-12-13(6-10)19-8-18-12/h2-3,6,9,11,15H,4-5,7-8H2,1H3,(H,16,17). The molecule has 0 saturated carbocycles. The highest BCUT2D eigenvalue weighted by atomic mass is 16.7. The zero-order chi connectivity index (χ0) is 13.2. The smallest absolute Gasteiger partial charge is 0.251 e. The molecule has 0 spiro atoms. The second kappa shape index (κ2) is 5.09. The summed E-state index contributed by atoms with van der Waals surface area (Å²) >= 11 is 0. The van der Waals surface area contributed by atoms with Gasteiger partial charge in [0, 0.05) is 18.2 Å². The van der Waals surface area contributed by atoms with Crippen LogP contribution < -0.4 is 20.1 Å². The molecule has 5 nitrogen and oxygen atoms in total. The molecule has 2 N–H and O–H groups in total. The van der Waals surface area contributed by atoms with E-state index in [1.807, 2.05) is 0 Å². The van der Waals surface area contributed by atoms with Gasteiger partial charge < -0.3 is 20.1 Å². The van der Waals surface area contributed by atoms with Crippen molar-refractivity contribution in [1.82, 2.24) is 10.6 Å². The van der Waals surface area contributed by atoms with Crippen molar-refractivity contribution in [3.63, 3.8) is 0 Å². The lowest BCUT2D eigenvalue weighted by Crippen LogP contribution is -2.50. The van der Waals surface area contributed by atoms with Crippen molar-refractivity contribution in [2.75, 3.05) is 19.9 Å². The molecule has 3 rings (SSSR count). The van der Waals surface area contributed by atoms with E-state index in [-0.39, 0.29) is 18.7 Å². The normalized spacial score (nSPS) is 25.1. The number of fused-ring (bicyclic) bond motifs is 1. The third-order valence-electron chi connectivity index (χ3n) is 3.78. The van der Waals surface area contributed by atoms with Gasteiger partial charge >= 0.3 is 0 Å². The fourth-order valence-corrected chi connectivity index (χ4v) is 2.47. The number of amides is 1. The third-order valence-corrected chi connectivity index (χ3v) is 3.78. The van der Waals surface area contributed by atoms with Crippen molar-refractivity contribution in [3.05, 3.63) is 23.8 Å². The average Bonchev–Trinajstić information content (AvgIpc) is 2.88. The molecular formula is C14H18N2O3. The van der Waals surface area contributed by atoms with Crippen LogP contribution in [0.25, 0.3) is 0 Å². The van der Waals surface area contributed by atoms with Crippen molar-refractivity contribution in [2.45, 2.75) is 19.4 Å². The molecular weight excluding hydrogens is 244 g/mol. The number of carbonyl (C=O) groups excluding carboxylic acids is 1. The summed E-state index contributed by atoms with van der Waals surface area (Å²) in [6, 6.07) is 5.47. The minimum absolute atomic E-state index is 0.0566. The second-order valence-corrected chi connectivity index (χ2v) is 5.12. The lowest BCUT2D eigenvalue weighted by Gasteiger charge is -2.30. The van der Waals surface area contributed by atoms with E-state index in [4.69, 9.17) is 9.47 Å². The van der Waals surface area contributed by atoms with E-state index in [2.05, 4.69) is 17.6 Å². The van der Waals surface area contributed by atoms with E-state index in [1.165, 1.54) is 0 Å². The quantitative estimate of drug-likeness (QED) is 0.839. The molecule has 102 valence electrons. The van der Waals surface area contributed by atoms with Crippen LogP contribution in [-0.2, 0) is 0 Å². The first-order chi connectivity index (χ1) is 9.24. The first kappa shape index (κ1) is 12.3. The van der Waals surface area contributed by atoms with Gasteiger partial charge in [0.25, 0.3) is 5.91 Å². The highest BCUT2D eigenvalue weighted by Gasteiger charge is 2.24. The van der Waals surface area contributed by atoms with Crippen LogP contribution in [0.2, 0.25) is 0 Å². The van der Waals surface area contributed by atoms with Crippen molar-refractivity contribution in [3.8, 4) is 11.5 Å². The number of nitrogens with one attached hydrogen (secondary N) is 2. The van der Waals surface area contributed by atoms with E-state index < -0.39 is 0 Å². The number of hydrogen-bond acceptors (Lipinski definition) is 4. The van der Waals surface area contributed by atoms with Crippen LogP contribution >= 0.6 is 0 Å². The van der Waals surface area contributed by atoms with Gasteiger partial charge in [-0.05, 0) is 37.1 Å². The van der Waals surface area contributed by atoms with E-state index in [9.17, 15) is 4.79 Å². The summed E-state index contributed by atoms with van der Waals surface area (Å²) in [6.07, 6.45) is 1.09. The third kappa shape index (κ3) is 2.51. The molecule has 1 amide bonds. The maximum atomic E-state index is 12.2. The van der Waals surface area contributed by atoms with Gasteiger partial charge in [0.1, 0.15) is 0 Å². The predicted molar refractivity (Wildman–Crippen MR) is 70.5 cm³/mol. The SMILES string of the molecule is CC1CCNCC1NC(=O)c1ccc2c(c1)OCO2. The molecule has 2 atom stereocenters. The predicted octanol–water partition coefficient (Wildman–Crippen LogP) is 1.14. The Labute approximate surface area is 112 Å². The summed E-state index contributed by atoms with van der Waals surface area (Å²) in [5.41, 5.74) is 0.613. The van der Waals surface area contributed by atoms with Crippen LogP contribution in [0.5, 0.6) is 11.5 Å². The number of ether oxygens (including phenoxy) is 2. The number of carbonyl (C=O) groups is 1. The molecule has 1 aromatic carbocycles. The van der Waals surface area contributed by atoms with Crippen LogP contribution in [0.15, 0.2) is 18.2 Å². The van der Waals surface area contributed by atoms with Crippen molar-refractivity contribution in [1.29, 1.82) is 0 Å². The number of hydrogen-bond donors (Lipinski definition) is 2. The van der Waals surface area contributed by atoms with Crippen LogP contribution in [0.4, 0.5) is 0 Å². The molecule has 1 saturated heterocycles. The molecule has 0 aliphatic carbocycles. The van der Waals surface area contributed by atoms with Crippen molar-refractivity contribution in [2.24, 2.45) is 5.92 Å². The van der Waals surface area contributed by atoms with Crippen LogP contribution in [0.1, 0.15) is 23.7 Å². The van der Waals surface area contributed by atoms with Gasteiger partial charge in [0.05, 0.1) is 0 Å². The van der Waals surface area contributed by atoms with E-state index >= 15 is 0 Å². The van der Waals surface area contributed by atoms with Gasteiger partial charge in [-0.3, -0.25) is 4.79 Å². The molecule has 19 heavy (non-hydrogen) atoms. The molecule has 2 aliphatic rings. The molecule has 0 aromatic heterocycles. The van der Waals surface area contributed by atoms with Gasteiger partial charge in [0.15, 0.2) is 11.5 Å². The zero-order valence-corrected chi connectivity index (χ0v) is 10.9. The molecule has 2 heterocycles. The number of benzene rings is 1. The Morgan fingerprint density at radius 2 is 2.21 bits per heavy atom. The average molecular weight is 262 g/mol. The maximum Gasteiger partial charge on any atom is 0.251 e. The molecule has 2 aliphatic heterocycles. The maximum absolute atomic E-state index is 12.2. The Kier molecular flexibility index (Phi) is 3.29. The van der Waals surface area contributed by atoms with Gasteiger partial charge in [-0.1, -0.05) is 6.92 Å². The van der Waals surface area contributed by atoms with Gasteiger partial charge in [-0.2, -0.15) is 0 Å². The van der Waals surface area contributed by atoms with Gasteiger partial charge in [0.2, 0.25) is 6.79 Å². The van der Waals surface area contributed by atoms with Crippen LogP contribution in [0.3, 0.4) is 0 Å². The lowest BCUT2D eigenvalue weighted by atomic mass is 9.94.